The molecule has 0 unspecified atom stereocenters. The Balaban J connectivity index is 2.29. The Morgan fingerprint density at radius 1 is 1.23 bits per heavy atom. The first-order valence-electron chi connectivity index (χ1n) is 4.92. The quantitative estimate of drug-likeness (QED) is 0.529. The largest absolute Gasteiger partial charge is 0.299 e. The highest BCUT2D eigenvalue weighted by atomic mass is 16.1. The lowest BCUT2D eigenvalue weighted by Gasteiger charge is -2.34. The number of Topliss-reactive ketones (excluding diaryl/α,β-unsaturated/α-hetero) is 2. The molecule has 3 atom stereocenters. The Hall–Kier alpha value is -0.920. The van der Waals surface area contributed by atoms with Crippen LogP contribution in [0, 0.1) is 17.8 Å². The Kier molecular flexibility index (Phi) is 2.06. The van der Waals surface area contributed by atoms with Gasteiger partial charge in [0.1, 0.15) is 11.6 Å². The van der Waals surface area contributed by atoms with E-state index in [1.807, 2.05) is 13.0 Å². The third-order valence-electron chi connectivity index (χ3n) is 3.23. The maximum atomic E-state index is 11.6. The number of allylic oxidation sites excluding steroid dienone is 2. The Labute approximate surface area is 78.0 Å². The van der Waals surface area contributed by atoms with Crippen LogP contribution >= 0.6 is 0 Å². The zero-order valence-electron chi connectivity index (χ0n) is 7.82. The predicted molar refractivity (Wildman–Crippen MR) is 49.1 cm³/mol. The molecule has 13 heavy (non-hydrogen) atoms. The lowest BCUT2D eigenvalue weighted by molar-refractivity contribution is -0.139. The Bertz CT molecular complexity index is 278. The van der Waals surface area contributed by atoms with Crippen molar-refractivity contribution in [3.05, 3.63) is 12.2 Å². The smallest absolute Gasteiger partial charge is 0.137 e. The number of hydrogen-bond donors (Lipinski definition) is 0. The van der Waals surface area contributed by atoms with Gasteiger partial charge in [0.2, 0.25) is 0 Å². The molecule has 0 bridgehead atoms. The molecular formula is C11H14O2. The monoisotopic (exact) mass is 178 g/mol. The first kappa shape index (κ1) is 8.67. The van der Waals surface area contributed by atoms with Crippen molar-refractivity contribution in [2.45, 2.75) is 26.2 Å². The van der Waals surface area contributed by atoms with Gasteiger partial charge in [0.15, 0.2) is 0 Å². The first-order chi connectivity index (χ1) is 6.20. The van der Waals surface area contributed by atoms with E-state index in [9.17, 15) is 9.59 Å². The van der Waals surface area contributed by atoms with Gasteiger partial charge in [0.05, 0.1) is 0 Å². The Morgan fingerprint density at radius 2 is 1.92 bits per heavy atom. The first-order valence-corrected chi connectivity index (χ1v) is 4.92. The van der Waals surface area contributed by atoms with E-state index < -0.39 is 0 Å². The second kappa shape index (κ2) is 3.09. The van der Waals surface area contributed by atoms with Gasteiger partial charge in [0, 0.05) is 24.7 Å². The Morgan fingerprint density at radius 3 is 2.62 bits per heavy atom. The summed E-state index contributed by atoms with van der Waals surface area (Å²) in [5.74, 6) is 0.838. The van der Waals surface area contributed by atoms with E-state index in [2.05, 4.69) is 6.08 Å². The summed E-state index contributed by atoms with van der Waals surface area (Å²) < 4.78 is 0. The number of carbonyl (C=O) groups is 2. The van der Waals surface area contributed by atoms with Crippen LogP contribution in [0.15, 0.2) is 12.2 Å². The van der Waals surface area contributed by atoms with Crippen molar-refractivity contribution in [1.29, 1.82) is 0 Å². The highest BCUT2D eigenvalue weighted by molar-refractivity contribution is 5.96. The summed E-state index contributed by atoms with van der Waals surface area (Å²) in [7, 11) is 0. The van der Waals surface area contributed by atoms with Gasteiger partial charge >= 0.3 is 0 Å². The summed E-state index contributed by atoms with van der Waals surface area (Å²) in [6.45, 7) is 2.03. The zero-order chi connectivity index (χ0) is 9.42. The molecule has 1 saturated carbocycles. The van der Waals surface area contributed by atoms with Crippen molar-refractivity contribution in [3.8, 4) is 0 Å². The van der Waals surface area contributed by atoms with Crippen LogP contribution in [-0.2, 0) is 9.59 Å². The van der Waals surface area contributed by atoms with Gasteiger partial charge in [-0.25, -0.2) is 0 Å². The van der Waals surface area contributed by atoms with Gasteiger partial charge in [-0.3, -0.25) is 9.59 Å². The summed E-state index contributed by atoms with van der Waals surface area (Å²) in [5, 5.41) is 0. The molecule has 0 radical (unpaired) electrons. The molecule has 2 nitrogen and oxygen atoms in total. The summed E-state index contributed by atoms with van der Waals surface area (Å²) in [6, 6.07) is 0. The molecule has 0 amide bonds. The minimum atomic E-state index is -0.00810. The van der Waals surface area contributed by atoms with Gasteiger partial charge < -0.3 is 0 Å². The van der Waals surface area contributed by atoms with E-state index in [1.165, 1.54) is 0 Å². The molecule has 0 aromatic rings. The lowest BCUT2D eigenvalue weighted by atomic mass is 9.67. The molecule has 0 heterocycles. The summed E-state index contributed by atoms with van der Waals surface area (Å²) in [5.41, 5.74) is 0. The van der Waals surface area contributed by atoms with E-state index in [-0.39, 0.29) is 17.8 Å². The third kappa shape index (κ3) is 1.34. The lowest BCUT2D eigenvalue weighted by Crippen LogP contribution is -2.39. The minimum Gasteiger partial charge on any atom is -0.299 e. The van der Waals surface area contributed by atoms with Gasteiger partial charge in [-0.1, -0.05) is 19.1 Å². The van der Waals surface area contributed by atoms with Crippen LogP contribution in [0.1, 0.15) is 26.2 Å². The molecule has 0 saturated heterocycles. The number of ketones is 2. The normalized spacial score (nSPS) is 39.0. The second-order valence-electron chi connectivity index (χ2n) is 4.09. The van der Waals surface area contributed by atoms with Crippen LogP contribution in [0.25, 0.3) is 0 Å². The van der Waals surface area contributed by atoms with E-state index in [0.717, 1.165) is 6.42 Å². The van der Waals surface area contributed by atoms with Gasteiger partial charge in [-0.2, -0.15) is 0 Å². The highest BCUT2D eigenvalue weighted by Crippen LogP contribution is 2.36. The molecule has 70 valence electrons. The van der Waals surface area contributed by atoms with Gasteiger partial charge in [-0.15, -0.1) is 0 Å². The van der Waals surface area contributed by atoms with Crippen LogP contribution in [0.3, 0.4) is 0 Å². The SMILES string of the molecule is C[C@H]1C=CC[C@@H]2C(=O)CCC(=O)[C@@H]21. The maximum absolute atomic E-state index is 11.6. The van der Waals surface area contributed by atoms with Crippen molar-refractivity contribution in [2.75, 3.05) is 0 Å². The fourth-order valence-electron chi connectivity index (χ4n) is 2.52. The topological polar surface area (TPSA) is 34.1 Å². The molecule has 0 spiro atoms. The summed E-state index contributed by atoms with van der Waals surface area (Å²) in [4.78, 5) is 23.1. The van der Waals surface area contributed by atoms with Gasteiger partial charge in [0.25, 0.3) is 0 Å². The molecule has 2 heteroatoms. The number of carbonyl (C=O) groups excluding carboxylic acids is 2. The van der Waals surface area contributed by atoms with Crippen LogP contribution in [0.4, 0.5) is 0 Å². The van der Waals surface area contributed by atoms with Crippen LogP contribution in [-0.4, -0.2) is 11.6 Å². The molecule has 1 fully saturated rings. The van der Waals surface area contributed by atoms with Crippen molar-refractivity contribution >= 4 is 11.6 Å². The predicted octanol–water partition coefficient (Wildman–Crippen LogP) is 1.75. The molecule has 0 aromatic carbocycles. The standard InChI is InChI=1S/C11H14O2/c1-7-3-2-4-8-9(12)5-6-10(13)11(7)8/h2-3,7-8,11H,4-6H2,1H3/t7-,8+,11+/m0/s1. The van der Waals surface area contributed by atoms with Crippen molar-refractivity contribution in [1.82, 2.24) is 0 Å². The number of rotatable bonds is 0. The van der Waals surface area contributed by atoms with E-state index in [1.54, 1.807) is 0 Å². The average molecular weight is 178 g/mol. The maximum Gasteiger partial charge on any atom is 0.137 e. The minimum absolute atomic E-state index is 0.00116. The average Bonchev–Trinajstić information content (AvgIpc) is 2.12. The van der Waals surface area contributed by atoms with Crippen LogP contribution < -0.4 is 0 Å². The number of hydrogen-bond acceptors (Lipinski definition) is 2. The summed E-state index contributed by atoms with van der Waals surface area (Å²) >= 11 is 0. The molecule has 2 aliphatic carbocycles. The molecule has 0 aliphatic heterocycles. The number of fused-ring (bicyclic) bond motifs is 1. The van der Waals surface area contributed by atoms with Crippen LogP contribution in [0.5, 0.6) is 0 Å². The molecule has 0 aromatic heterocycles. The van der Waals surface area contributed by atoms with Crippen LogP contribution in [0.2, 0.25) is 0 Å². The zero-order valence-corrected chi connectivity index (χ0v) is 7.82. The molecule has 2 rings (SSSR count). The van der Waals surface area contributed by atoms with E-state index in [4.69, 9.17) is 0 Å². The van der Waals surface area contributed by atoms with E-state index in [0.29, 0.717) is 24.4 Å². The van der Waals surface area contributed by atoms with E-state index >= 15 is 0 Å². The fourth-order valence-corrected chi connectivity index (χ4v) is 2.52. The third-order valence-corrected chi connectivity index (χ3v) is 3.23. The highest BCUT2D eigenvalue weighted by Gasteiger charge is 2.40. The van der Waals surface area contributed by atoms with Crippen molar-refractivity contribution in [3.63, 3.8) is 0 Å². The molecule has 2 aliphatic rings. The molecule has 0 N–H and O–H groups in total. The fraction of sp³-hybridized carbons (Fsp3) is 0.636. The summed E-state index contributed by atoms with van der Waals surface area (Å²) in [6.07, 6.45) is 5.83. The van der Waals surface area contributed by atoms with Gasteiger partial charge in [-0.05, 0) is 12.3 Å². The second-order valence-corrected chi connectivity index (χ2v) is 4.09. The molecular weight excluding hydrogens is 164 g/mol. The van der Waals surface area contributed by atoms with Crippen molar-refractivity contribution < 1.29 is 9.59 Å². The van der Waals surface area contributed by atoms with Crippen molar-refractivity contribution in [2.24, 2.45) is 17.8 Å².